The number of fused-ring (bicyclic) bond motifs is 3. The minimum Gasteiger partial charge on any atom is -0.317 e. The minimum atomic E-state index is 0.0851. The van der Waals surface area contributed by atoms with Gasteiger partial charge in [-0.25, -0.2) is 0 Å². The molecule has 150 valence electrons. The molecule has 1 unspecified atom stereocenters. The molecule has 0 aliphatic carbocycles. The molecular weight excluding hydrogens is 382 g/mol. The smallest absolute Gasteiger partial charge is 0.272 e. The number of hydrogen-bond acceptors (Lipinski definition) is 2. The topological polar surface area (TPSA) is 28.5 Å². The number of halogens is 1. The van der Waals surface area contributed by atoms with Crippen LogP contribution in [0.5, 0.6) is 0 Å². The van der Waals surface area contributed by atoms with Gasteiger partial charge in [0.1, 0.15) is 11.9 Å². The second kappa shape index (κ2) is 7.51. The predicted molar refractivity (Wildman–Crippen MR) is 117 cm³/mol. The lowest BCUT2D eigenvalue weighted by Crippen LogP contribution is -2.39. The van der Waals surface area contributed by atoms with Crippen molar-refractivity contribution in [3.05, 3.63) is 70.9 Å². The van der Waals surface area contributed by atoms with Gasteiger partial charge >= 0.3 is 0 Å². The highest BCUT2D eigenvalue weighted by Crippen LogP contribution is 2.35. The quantitative estimate of drug-likeness (QED) is 0.596. The van der Waals surface area contributed by atoms with E-state index in [-0.39, 0.29) is 12.1 Å². The van der Waals surface area contributed by atoms with Crippen LogP contribution in [0.1, 0.15) is 42.0 Å². The van der Waals surface area contributed by atoms with Crippen LogP contribution in [-0.4, -0.2) is 39.9 Å². The highest BCUT2D eigenvalue weighted by molar-refractivity contribution is 6.30. The van der Waals surface area contributed by atoms with Gasteiger partial charge in [-0.05, 0) is 68.6 Å². The molecule has 2 aromatic carbocycles. The van der Waals surface area contributed by atoms with Gasteiger partial charge in [0, 0.05) is 23.5 Å². The summed E-state index contributed by atoms with van der Waals surface area (Å²) in [7, 11) is 0. The number of aromatic nitrogens is 1. The maximum atomic E-state index is 13.1. The lowest BCUT2D eigenvalue weighted by atomic mass is 9.95. The van der Waals surface area contributed by atoms with Gasteiger partial charge in [0.2, 0.25) is 0 Å². The summed E-state index contributed by atoms with van der Waals surface area (Å²) in [6.45, 7) is 6.09. The van der Waals surface area contributed by atoms with Gasteiger partial charge in [-0.1, -0.05) is 41.9 Å². The average molecular weight is 408 g/mol. The Labute approximate surface area is 176 Å². The number of carbonyl (C=O) groups excluding carboxylic acids is 1. The van der Waals surface area contributed by atoms with Crippen molar-refractivity contribution < 1.29 is 4.79 Å². The van der Waals surface area contributed by atoms with E-state index < -0.39 is 0 Å². The molecule has 3 aromatic rings. The fraction of sp³-hybridized carbons (Fsp3) is 0.375. The highest BCUT2D eigenvalue weighted by atomic mass is 35.5. The van der Waals surface area contributed by atoms with Gasteiger partial charge in [-0.2, -0.15) is 0 Å². The number of hydrogen-bond donors (Lipinski definition) is 0. The van der Waals surface area contributed by atoms with E-state index in [0.717, 1.165) is 60.6 Å². The summed E-state index contributed by atoms with van der Waals surface area (Å²) in [5.74, 6) is 0.739. The molecule has 0 bridgehead atoms. The Morgan fingerprint density at radius 3 is 2.62 bits per heavy atom. The number of piperidine rings is 1. The summed E-state index contributed by atoms with van der Waals surface area (Å²) >= 11 is 6.12. The summed E-state index contributed by atoms with van der Waals surface area (Å²) in [4.78, 5) is 17.6. The molecule has 0 spiro atoms. The van der Waals surface area contributed by atoms with Gasteiger partial charge in [0.05, 0.1) is 5.52 Å². The number of amides is 1. The molecule has 1 aromatic heterocycles. The van der Waals surface area contributed by atoms with Crippen molar-refractivity contribution in [1.82, 2.24) is 14.4 Å². The van der Waals surface area contributed by atoms with E-state index >= 15 is 0 Å². The van der Waals surface area contributed by atoms with E-state index in [0.29, 0.717) is 5.92 Å². The molecule has 1 saturated heterocycles. The second-order valence-electron chi connectivity index (χ2n) is 8.40. The van der Waals surface area contributed by atoms with Crippen LogP contribution in [0.25, 0.3) is 10.9 Å². The maximum Gasteiger partial charge on any atom is 0.272 e. The SMILES string of the molecule is CC1N(CC2CCN(Cc3cccc(Cl)c3)CC2)C(=O)c2cc3ccccc3n21. The van der Waals surface area contributed by atoms with Gasteiger partial charge in [0.15, 0.2) is 0 Å². The summed E-state index contributed by atoms with van der Waals surface area (Å²) in [6, 6.07) is 18.4. The summed E-state index contributed by atoms with van der Waals surface area (Å²) in [5.41, 5.74) is 3.25. The first-order valence-electron chi connectivity index (χ1n) is 10.5. The van der Waals surface area contributed by atoms with Crippen LogP contribution in [-0.2, 0) is 6.54 Å². The van der Waals surface area contributed by atoms with Crippen LogP contribution >= 0.6 is 11.6 Å². The Balaban J connectivity index is 1.22. The van der Waals surface area contributed by atoms with Crippen molar-refractivity contribution in [2.75, 3.05) is 19.6 Å². The van der Waals surface area contributed by atoms with E-state index in [1.54, 1.807) is 0 Å². The second-order valence-corrected chi connectivity index (χ2v) is 8.83. The predicted octanol–water partition coefficient (Wildman–Crippen LogP) is 5.18. The number of benzene rings is 2. The molecule has 4 nitrogen and oxygen atoms in total. The van der Waals surface area contributed by atoms with Crippen LogP contribution in [0.4, 0.5) is 0 Å². The highest BCUT2D eigenvalue weighted by Gasteiger charge is 2.36. The average Bonchev–Trinajstić information content (AvgIpc) is 3.21. The van der Waals surface area contributed by atoms with E-state index in [1.165, 1.54) is 5.56 Å². The molecule has 0 N–H and O–H groups in total. The Bertz CT molecular complexity index is 1050. The molecule has 1 fully saturated rings. The molecule has 0 saturated carbocycles. The van der Waals surface area contributed by atoms with Gasteiger partial charge in [0.25, 0.3) is 5.91 Å². The number of rotatable bonds is 4. The number of carbonyl (C=O) groups is 1. The Kier molecular flexibility index (Phi) is 4.84. The van der Waals surface area contributed by atoms with Crippen LogP contribution in [0.3, 0.4) is 0 Å². The lowest BCUT2D eigenvalue weighted by Gasteiger charge is -2.35. The number of likely N-dealkylation sites (tertiary alicyclic amines) is 1. The normalized spacial score (nSPS) is 20.6. The first-order chi connectivity index (χ1) is 14.1. The molecular formula is C24H26ClN3O. The monoisotopic (exact) mass is 407 g/mol. The zero-order chi connectivity index (χ0) is 20.0. The number of para-hydroxylation sites is 1. The standard InChI is InChI=1S/C24H26ClN3O/c1-17-27(24(29)23-14-20-6-2-3-8-22(20)28(17)23)16-18-9-11-26(12-10-18)15-19-5-4-7-21(25)13-19/h2-8,13-14,17-18H,9-12,15-16H2,1H3. The molecule has 1 amide bonds. The van der Waals surface area contributed by atoms with Crippen LogP contribution in [0.2, 0.25) is 5.02 Å². The molecule has 2 aliphatic rings. The van der Waals surface area contributed by atoms with Gasteiger partial charge in [-0.3, -0.25) is 9.69 Å². The lowest BCUT2D eigenvalue weighted by molar-refractivity contribution is 0.0626. The maximum absolute atomic E-state index is 13.1. The molecule has 3 heterocycles. The van der Waals surface area contributed by atoms with Gasteiger partial charge < -0.3 is 9.47 Å². The summed E-state index contributed by atoms with van der Waals surface area (Å²) < 4.78 is 2.20. The van der Waals surface area contributed by atoms with Gasteiger partial charge in [-0.15, -0.1) is 0 Å². The molecule has 5 rings (SSSR count). The third kappa shape index (κ3) is 3.45. The molecule has 2 aliphatic heterocycles. The fourth-order valence-corrected chi connectivity index (χ4v) is 5.15. The Morgan fingerprint density at radius 2 is 1.83 bits per heavy atom. The molecule has 5 heteroatoms. The van der Waals surface area contributed by atoms with Crippen molar-refractivity contribution in [2.45, 2.75) is 32.5 Å². The van der Waals surface area contributed by atoms with Crippen molar-refractivity contribution in [3.8, 4) is 0 Å². The fourth-order valence-electron chi connectivity index (χ4n) is 4.93. The number of nitrogens with zero attached hydrogens (tertiary/aromatic N) is 3. The third-order valence-corrected chi connectivity index (χ3v) is 6.75. The largest absolute Gasteiger partial charge is 0.317 e. The first kappa shape index (κ1) is 18.7. The summed E-state index contributed by atoms with van der Waals surface area (Å²) in [5, 5.41) is 1.95. The van der Waals surface area contributed by atoms with Crippen LogP contribution in [0.15, 0.2) is 54.6 Å². The van der Waals surface area contributed by atoms with Crippen LogP contribution < -0.4 is 0 Å². The third-order valence-electron chi connectivity index (χ3n) is 6.51. The van der Waals surface area contributed by atoms with E-state index in [2.05, 4.69) is 45.6 Å². The molecule has 29 heavy (non-hydrogen) atoms. The molecule has 0 radical (unpaired) electrons. The summed E-state index contributed by atoms with van der Waals surface area (Å²) in [6.07, 6.45) is 2.35. The molecule has 1 atom stereocenters. The minimum absolute atomic E-state index is 0.0851. The van der Waals surface area contributed by atoms with E-state index in [4.69, 9.17) is 11.6 Å². The van der Waals surface area contributed by atoms with Crippen molar-refractivity contribution in [3.63, 3.8) is 0 Å². The van der Waals surface area contributed by atoms with E-state index in [1.807, 2.05) is 30.3 Å². The van der Waals surface area contributed by atoms with E-state index in [9.17, 15) is 4.79 Å². The van der Waals surface area contributed by atoms with Crippen molar-refractivity contribution >= 4 is 28.4 Å². The first-order valence-corrected chi connectivity index (χ1v) is 10.9. The Hall–Kier alpha value is -2.30. The van der Waals surface area contributed by atoms with Crippen LogP contribution in [0, 0.1) is 5.92 Å². The van der Waals surface area contributed by atoms with Crippen molar-refractivity contribution in [2.24, 2.45) is 5.92 Å². The zero-order valence-corrected chi connectivity index (χ0v) is 17.5. The Morgan fingerprint density at radius 1 is 1.03 bits per heavy atom. The zero-order valence-electron chi connectivity index (χ0n) is 16.7. The van der Waals surface area contributed by atoms with Crippen molar-refractivity contribution in [1.29, 1.82) is 0 Å².